The van der Waals surface area contributed by atoms with Gasteiger partial charge in [-0.1, -0.05) is 66.2 Å². The summed E-state index contributed by atoms with van der Waals surface area (Å²) in [5.41, 5.74) is 3.40. The third kappa shape index (κ3) is 4.67. The van der Waals surface area contributed by atoms with Crippen LogP contribution in [0.3, 0.4) is 0 Å². The van der Waals surface area contributed by atoms with Crippen molar-refractivity contribution in [2.24, 2.45) is 0 Å². The van der Waals surface area contributed by atoms with Crippen molar-refractivity contribution in [2.75, 3.05) is 7.11 Å². The molecule has 4 nitrogen and oxygen atoms in total. The highest BCUT2D eigenvalue weighted by molar-refractivity contribution is 6.32. The van der Waals surface area contributed by atoms with Crippen molar-refractivity contribution < 1.29 is 19.4 Å². The lowest BCUT2D eigenvalue weighted by Gasteiger charge is -2.14. The minimum Gasteiger partial charge on any atom is -0.495 e. The fourth-order valence-electron chi connectivity index (χ4n) is 2.80. The van der Waals surface area contributed by atoms with Crippen LogP contribution < -0.4 is 4.74 Å². The summed E-state index contributed by atoms with van der Waals surface area (Å²) in [5.74, 6) is -0.397. The molecule has 0 saturated heterocycles. The Kier molecular flexibility index (Phi) is 6.12. The number of carboxylic acid groups (broad SMARTS) is 1. The quantitative estimate of drug-likeness (QED) is 0.597. The summed E-state index contributed by atoms with van der Waals surface area (Å²) in [5, 5.41) is 10.00. The highest BCUT2D eigenvalue weighted by Crippen LogP contribution is 2.30. The molecule has 0 aliphatic carbocycles. The van der Waals surface area contributed by atoms with Crippen LogP contribution in [0, 0.1) is 0 Å². The first-order chi connectivity index (χ1) is 13.1. The molecule has 3 aromatic carbocycles. The summed E-state index contributed by atoms with van der Waals surface area (Å²) < 4.78 is 10.9. The number of rotatable bonds is 7. The van der Waals surface area contributed by atoms with Gasteiger partial charge < -0.3 is 14.6 Å². The summed E-state index contributed by atoms with van der Waals surface area (Å²) in [6.07, 6.45) is -1.01. The number of ether oxygens (including phenoxy) is 2. The average Bonchev–Trinajstić information content (AvgIpc) is 2.69. The Balaban J connectivity index is 1.77. The van der Waals surface area contributed by atoms with Crippen LogP contribution in [0.15, 0.2) is 72.8 Å². The van der Waals surface area contributed by atoms with Gasteiger partial charge in [-0.15, -0.1) is 0 Å². The maximum Gasteiger partial charge on any atom is 0.337 e. The minimum atomic E-state index is -1.01. The van der Waals surface area contributed by atoms with Gasteiger partial charge in [0.05, 0.1) is 18.7 Å². The Labute approximate surface area is 162 Å². The van der Waals surface area contributed by atoms with Gasteiger partial charge in [0.2, 0.25) is 0 Å². The molecular formula is C22H19ClO4. The number of halogens is 1. The molecule has 0 spiro atoms. The fraction of sp³-hybridized carbons (Fsp3) is 0.136. The standard InChI is InChI=1S/C22H19ClO4/c1-26-20-11-10-18(13-19(20)23)17-9-5-6-15(12-17)14-27-21(22(24)25)16-7-3-2-4-8-16/h2-13,21H,14H2,1H3,(H,24,25). The highest BCUT2D eigenvalue weighted by Gasteiger charge is 2.20. The third-order valence-electron chi connectivity index (χ3n) is 4.16. The smallest absolute Gasteiger partial charge is 0.337 e. The lowest BCUT2D eigenvalue weighted by Crippen LogP contribution is -2.15. The molecule has 0 saturated carbocycles. The predicted molar refractivity (Wildman–Crippen MR) is 105 cm³/mol. The molecule has 5 heteroatoms. The van der Waals surface area contributed by atoms with Crippen molar-refractivity contribution in [3.05, 3.63) is 88.9 Å². The molecule has 1 unspecified atom stereocenters. The van der Waals surface area contributed by atoms with Gasteiger partial charge in [0, 0.05) is 0 Å². The Morgan fingerprint density at radius 2 is 1.74 bits per heavy atom. The molecule has 138 valence electrons. The van der Waals surface area contributed by atoms with Crippen molar-refractivity contribution in [3.63, 3.8) is 0 Å². The second-order valence-electron chi connectivity index (χ2n) is 5.99. The molecule has 0 bridgehead atoms. The second kappa shape index (κ2) is 8.71. The van der Waals surface area contributed by atoms with Crippen molar-refractivity contribution in [1.29, 1.82) is 0 Å². The summed E-state index contributed by atoms with van der Waals surface area (Å²) in [4.78, 5) is 11.6. The normalized spacial score (nSPS) is 11.8. The Morgan fingerprint density at radius 1 is 1.00 bits per heavy atom. The molecule has 0 heterocycles. The first-order valence-electron chi connectivity index (χ1n) is 8.40. The largest absolute Gasteiger partial charge is 0.495 e. The van der Waals surface area contributed by atoms with E-state index < -0.39 is 12.1 Å². The zero-order chi connectivity index (χ0) is 19.2. The van der Waals surface area contributed by atoms with Gasteiger partial charge in [0.15, 0.2) is 6.10 Å². The maximum atomic E-state index is 11.6. The van der Waals surface area contributed by atoms with Crippen molar-refractivity contribution >= 4 is 17.6 Å². The number of aliphatic carboxylic acids is 1. The van der Waals surface area contributed by atoms with Gasteiger partial charge in [-0.3, -0.25) is 0 Å². The number of hydrogen-bond donors (Lipinski definition) is 1. The lowest BCUT2D eigenvalue weighted by molar-refractivity contribution is -0.151. The summed E-state index contributed by atoms with van der Waals surface area (Å²) in [6, 6.07) is 22.2. The van der Waals surface area contributed by atoms with Gasteiger partial charge in [-0.05, 0) is 40.5 Å². The highest BCUT2D eigenvalue weighted by atomic mass is 35.5. The number of carboxylic acids is 1. The van der Waals surface area contributed by atoms with Crippen molar-refractivity contribution in [2.45, 2.75) is 12.7 Å². The molecule has 0 aliphatic heterocycles. The molecule has 0 radical (unpaired) electrons. The van der Waals surface area contributed by atoms with E-state index in [0.29, 0.717) is 16.3 Å². The topological polar surface area (TPSA) is 55.8 Å². The molecular weight excluding hydrogens is 364 g/mol. The van der Waals surface area contributed by atoms with Crippen molar-refractivity contribution in [3.8, 4) is 16.9 Å². The molecule has 1 N–H and O–H groups in total. The number of hydrogen-bond acceptors (Lipinski definition) is 3. The zero-order valence-electron chi connectivity index (χ0n) is 14.8. The van der Waals surface area contributed by atoms with E-state index in [-0.39, 0.29) is 6.61 Å². The van der Waals surface area contributed by atoms with Crippen LogP contribution in [-0.4, -0.2) is 18.2 Å². The molecule has 0 aliphatic rings. The van der Waals surface area contributed by atoms with E-state index in [4.69, 9.17) is 21.1 Å². The summed E-state index contributed by atoms with van der Waals surface area (Å²) >= 11 is 6.21. The SMILES string of the molecule is COc1ccc(-c2cccc(COC(C(=O)O)c3ccccc3)c2)cc1Cl. The maximum absolute atomic E-state index is 11.6. The minimum absolute atomic E-state index is 0.184. The molecule has 3 aromatic rings. The fourth-order valence-corrected chi connectivity index (χ4v) is 3.06. The second-order valence-corrected chi connectivity index (χ2v) is 6.40. The molecule has 1 atom stereocenters. The first kappa shape index (κ1) is 19.0. The summed E-state index contributed by atoms with van der Waals surface area (Å²) in [7, 11) is 1.57. The van der Waals surface area contributed by atoms with E-state index in [1.165, 1.54) is 0 Å². The zero-order valence-corrected chi connectivity index (χ0v) is 15.5. The number of carbonyl (C=O) groups is 1. The Bertz CT molecular complexity index is 925. The van der Waals surface area contributed by atoms with Crippen LogP contribution in [0.1, 0.15) is 17.2 Å². The van der Waals surface area contributed by atoms with Crippen LogP contribution in [0.4, 0.5) is 0 Å². The number of benzene rings is 3. The molecule has 27 heavy (non-hydrogen) atoms. The van der Waals surface area contributed by atoms with Crippen LogP contribution in [-0.2, 0) is 16.1 Å². The van der Waals surface area contributed by atoms with E-state index in [1.54, 1.807) is 31.4 Å². The summed E-state index contributed by atoms with van der Waals surface area (Å²) in [6.45, 7) is 0.184. The van der Waals surface area contributed by atoms with Gasteiger partial charge in [0.1, 0.15) is 5.75 Å². The van der Waals surface area contributed by atoms with Crippen molar-refractivity contribution in [1.82, 2.24) is 0 Å². The van der Waals surface area contributed by atoms with Crippen LogP contribution >= 0.6 is 11.6 Å². The van der Waals surface area contributed by atoms with Crippen LogP contribution in [0.2, 0.25) is 5.02 Å². The van der Waals surface area contributed by atoms with Gasteiger partial charge in [-0.25, -0.2) is 4.79 Å². The molecule has 0 aromatic heterocycles. The average molecular weight is 383 g/mol. The predicted octanol–water partition coefficient (Wildman–Crippen LogP) is 5.36. The third-order valence-corrected chi connectivity index (χ3v) is 4.45. The van der Waals surface area contributed by atoms with E-state index in [0.717, 1.165) is 16.7 Å². The Hall–Kier alpha value is -2.82. The monoisotopic (exact) mass is 382 g/mol. The van der Waals surface area contributed by atoms with E-state index in [1.807, 2.05) is 48.5 Å². The molecule has 3 rings (SSSR count). The molecule has 0 amide bonds. The van der Waals surface area contributed by atoms with Gasteiger partial charge >= 0.3 is 5.97 Å². The van der Waals surface area contributed by atoms with Crippen LogP contribution in [0.5, 0.6) is 5.75 Å². The Morgan fingerprint density at radius 3 is 2.41 bits per heavy atom. The van der Waals surface area contributed by atoms with E-state index in [9.17, 15) is 9.90 Å². The van der Waals surface area contributed by atoms with E-state index >= 15 is 0 Å². The van der Waals surface area contributed by atoms with Gasteiger partial charge in [0.25, 0.3) is 0 Å². The lowest BCUT2D eigenvalue weighted by atomic mass is 10.0. The van der Waals surface area contributed by atoms with Gasteiger partial charge in [-0.2, -0.15) is 0 Å². The van der Waals surface area contributed by atoms with E-state index in [2.05, 4.69) is 0 Å². The van der Waals surface area contributed by atoms with Crippen LogP contribution in [0.25, 0.3) is 11.1 Å². The first-order valence-corrected chi connectivity index (χ1v) is 8.78. The number of methoxy groups -OCH3 is 1. The molecule has 0 fully saturated rings.